The van der Waals surface area contributed by atoms with Crippen LogP contribution < -0.4 is 10.9 Å². The Bertz CT molecular complexity index is 704. The summed E-state index contributed by atoms with van der Waals surface area (Å²) in [7, 11) is 0. The van der Waals surface area contributed by atoms with Gasteiger partial charge >= 0.3 is 0 Å². The normalized spacial score (nSPS) is 39.2. The molecule has 0 aromatic carbocycles. The molecule has 30 heavy (non-hydrogen) atoms. The second-order valence-electron chi connectivity index (χ2n) is 10.8. The van der Waals surface area contributed by atoms with E-state index in [4.69, 9.17) is 0 Å². The van der Waals surface area contributed by atoms with E-state index in [0.717, 1.165) is 62.7 Å². The summed E-state index contributed by atoms with van der Waals surface area (Å²) < 4.78 is 0. The van der Waals surface area contributed by atoms with Gasteiger partial charge in [-0.25, -0.2) is 0 Å². The van der Waals surface area contributed by atoms with Crippen LogP contribution in [0, 0.1) is 35.0 Å². The molecule has 0 radical (unpaired) electrons. The van der Waals surface area contributed by atoms with Crippen LogP contribution in [0.25, 0.3) is 0 Å². The van der Waals surface area contributed by atoms with Crippen LogP contribution in [0.3, 0.4) is 0 Å². The molecule has 7 nitrogen and oxygen atoms in total. The Morgan fingerprint density at radius 1 is 0.833 bits per heavy atom. The lowest BCUT2D eigenvalue weighted by Gasteiger charge is -2.56. The van der Waals surface area contributed by atoms with Crippen LogP contribution in [0.1, 0.15) is 77.0 Å². The Kier molecular flexibility index (Phi) is 5.10. The first-order valence-electron chi connectivity index (χ1n) is 11.9. The number of fused-ring (bicyclic) bond motifs is 1. The van der Waals surface area contributed by atoms with Crippen molar-refractivity contribution in [2.75, 3.05) is 6.54 Å². The Morgan fingerprint density at radius 2 is 1.33 bits per heavy atom. The lowest BCUT2D eigenvalue weighted by Crippen LogP contribution is -2.50. The van der Waals surface area contributed by atoms with Crippen molar-refractivity contribution in [1.29, 1.82) is 0 Å². The van der Waals surface area contributed by atoms with E-state index in [2.05, 4.69) is 10.9 Å². The predicted octanol–water partition coefficient (Wildman–Crippen LogP) is 2.31. The summed E-state index contributed by atoms with van der Waals surface area (Å²) in [6, 6.07) is 0. The predicted molar refractivity (Wildman–Crippen MR) is 108 cm³/mol. The minimum absolute atomic E-state index is 0.0224. The molecule has 2 atom stereocenters. The molecule has 4 bridgehead atoms. The minimum atomic E-state index is -0.357. The number of hydrogen-bond acceptors (Lipinski definition) is 4. The van der Waals surface area contributed by atoms with E-state index < -0.39 is 0 Å². The highest BCUT2D eigenvalue weighted by molar-refractivity contribution is 6.05. The summed E-state index contributed by atoms with van der Waals surface area (Å²) in [6.07, 6.45) is 11.5. The van der Waals surface area contributed by atoms with Crippen molar-refractivity contribution in [3.05, 3.63) is 0 Å². The number of rotatable bonds is 5. The highest BCUT2D eigenvalue weighted by Gasteiger charge is 2.51. The molecule has 1 saturated heterocycles. The summed E-state index contributed by atoms with van der Waals surface area (Å²) >= 11 is 0. The summed E-state index contributed by atoms with van der Waals surface area (Å²) in [6.45, 7) is 0.0986. The molecule has 4 amide bonds. The first-order chi connectivity index (χ1) is 14.4. The molecule has 0 spiro atoms. The van der Waals surface area contributed by atoms with Crippen molar-refractivity contribution in [3.63, 3.8) is 0 Å². The Morgan fingerprint density at radius 3 is 1.87 bits per heavy atom. The van der Waals surface area contributed by atoms with Gasteiger partial charge in [0.1, 0.15) is 0 Å². The fourth-order valence-electron chi connectivity index (χ4n) is 7.76. The molecular weight excluding hydrogens is 382 g/mol. The van der Waals surface area contributed by atoms with Crippen LogP contribution in [0.4, 0.5) is 0 Å². The second kappa shape index (κ2) is 7.65. The fraction of sp³-hybridized carbons (Fsp3) is 0.826. The van der Waals surface area contributed by atoms with Crippen LogP contribution in [-0.2, 0) is 19.2 Å². The number of nitrogens with one attached hydrogen (secondary N) is 2. The number of carbonyl (C=O) groups excluding carboxylic acids is 4. The lowest BCUT2D eigenvalue weighted by molar-refractivity contribution is -0.141. The SMILES string of the molecule is O=C(CCN1C(=O)[C@H]2CCCC[C@H]2C1=O)NNC(=O)CC12CC3CC(CC(C3)C1)C2. The van der Waals surface area contributed by atoms with Crippen molar-refractivity contribution in [1.82, 2.24) is 15.8 Å². The monoisotopic (exact) mass is 415 g/mol. The van der Waals surface area contributed by atoms with Crippen molar-refractivity contribution < 1.29 is 19.2 Å². The van der Waals surface area contributed by atoms with E-state index in [1.807, 2.05) is 0 Å². The van der Waals surface area contributed by atoms with Crippen LogP contribution in [0.5, 0.6) is 0 Å². The van der Waals surface area contributed by atoms with Gasteiger partial charge in [-0.2, -0.15) is 0 Å². The topological polar surface area (TPSA) is 95.6 Å². The molecule has 6 aliphatic rings. The van der Waals surface area contributed by atoms with Gasteiger partial charge in [0.25, 0.3) is 0 Å². The summed E-state index contributed by atoms with van der Waals surface area (Å²) in [5.74, 6) is 1.28. The molecule has 164 valence electrons. The van der Waals surface area contributed by atoms with Gasteiger partial charge in [0.05, 0.1) is 11.8 Å². The number of hydrazine groups is 1. The van der Waals surface area contributed by atoms with Gasteiger partial charge in [0.2, 0.25) is 23.6 Å². The highest BCUT2D eigenvalue weighted by atomic mass is 16.2. The highest BCUT2D eigenvalue weighted by Crippen LogP contribution is 2.61. The van der Waals surface area contributed by atoms with E-state index in [9.17, 15) is 19.2 Å². The van der Waals surface area contributed by atoms with E-state index in [1.54, 1.807) is 0 Å². The molecule has 6 fully saturated rings. The van der Waals surface area contributed by atoms with Crippen LogP contribution in [0.2, 0.25) is 0 Å². The first kappa shape index (κ1) is 20.0. The maximum absolute atomic E-state index is 12.5. The molecule has 0 aromatic heterocycles. The van der Waals surface area contributed by atoms with E-state index in [1.165, 1.54) is 24.2 Å². The minimum Gasteiger partial charge on any atom is -0.282 e. The zero-order chi connectivity index (χ0) is 20.9. The van der Waals surface area contributed by atoms with Gasteiger partial charge in [-0.05, 0) is 74.5 Å². The number of carbonyl (C=O) groups is 4. The van der Waals surface area contributed by atoms with Gasteiger partial charge in [-0.1, -0.05) is 12.8 Å². The molecule has 1 aliphatic heterocycles. The van der Waals surface area contributed by atoms with Crippen molar-refractivity contribution in [3.8, 4) is 0 Å². The average Bonchev–Trinajstić information content (AvgIpc) is 2.94. The zero-order valence-electron chi connectivity index (χ0n) is 17.7. The third-order valence-corrected chi connectivity index (χ3v) is 8.54. The lowest BCUT2D eigenvalue weighted by atomic mass is 9.49. The maximum atomic E-state index is 12.5. The molecule has 5 aliphatic carbocycles. The quantitative estimate of drug-likeness (QED) is 0.532. The average molecular weight is 416 g/mol. The first-order valence-corrected chi connectivity index (χ1v) is 11.9. The van der Waals surface area contributed by atoms with E-state index in [0.29, 0.717) is 6.42 Å². The fourth-order valence-corrected chi connectivity index (χ4v) is 7.76. The second-order valence-corrected chi connectivity index (χ2v) is 10.8. The van der Waals surface area contributed by atoms with Crippen LogP contribution >= 0.6 is 0 Å². The third kappa shape index (κ3) is 3.65. The van der Waals surface area contributed by atoms with E-state index in [-0.39, 0.29) is 53.8 Å². The summed E-state index contributed by atoms with van der Waals surface area (Å²) in [5, 5.41) is 0. The molecule has 2 N–H and O–H groups in total. The van der Waals surface area contributed by atoms with Crippen molar-refractivity contribution in [2.24, 2.45) is 35.0 Å². The van der Waals surface area contributed by atoms with Gasteiger partial charge in [0, 0.05) is 19.4 Å². The standard InChI is InChI=1S/C23H33N3O4/c27-19(5-6-26-21(29)17-3-1-2-4-18(17)22(26)30)24-25-20(28)13-23-10-14-7-15(11-23)9-16(8-14)12-23/h14-18H,1-13H2,(H,24,27)(H,25,28)/t14?,15?,16?,17-,18+,23?. The number of hydrogen-bond donors (Lipinski definition) is 2. The largest absolute Gasteiger partial charge is 0.282 e. The number of amides is 4. The Balaban J connectivity index is 1.07. The zero-order valence-corrected chi connectivity index (χ0v) is 17.7. The number of imide groups is 1. The Labute approximate surface area is 177 Å². The molecule has 6 rings (SSSR count). The molecule has 0 unspecified atom stereocenters. The van der Waals surface area contributed by atoms with Gasteiger partial charge in [-0.3, -0.25) is 34.9 Å². The van der Waals surface area contributed by atoms with Crippen LogP contribution in [0.15, 0.2) is 0 Å². The number of nitrogens with zero attached hydrogens (tertiary/aromatic N) is 1. The van der Waals surface area contributed by atoms with Crippen molar-refractivity contribution in [2.45, 2.75) is 77.0 Å². The van der Waals surface area contributed by atoms with Crippen molar-refractivity contribution >= 4 is 23.6 Å². The molecule has 5 saturated carbocycles. The van der Waals surface area contributed by atoms with E-state index >= 15 is 0 Å². The molecule has 7 heteroatoms. The van der Waals surface area contributed by atoms with Gasteiger partial charge < -0.3 is 0 Å². The van der Waals surface area contributed by atoms with Gasteiger partial charge in [0.15, 0.2) is 0 Å². The molecule has 0 aromatic rings. The molecular formula is C23H33N3O4. The maximum Gasteiger partial charge on any atom is 0.240 e. The van der Waals surface area contributed by atoms with Gasteiger partial charge in [-0.15, -0.1) is 0 Å². The van der Waals surface area contributed by atoms with Crippen LogP contribution in [-0.4, -0.2) is 35.1 Å². The molecule has 1 heterocycles. The smallest absolute Gasteiger partial charge is 0.240 e. The third-order valence-electron chi connectivity index (χ3n) is 8.54. The summed E-state index contributed by atoms with van der Waals surface area (Å²) in [4.78, 5) is 51.0. The Hall–Kier alpha value is -1.92. The summed E-state index contributed by atoms with van der Waals surface area (Å²) in [5.41, 5.74) is 5.21. The number of likely N-dealkylation sites (tertiary alicyclic amines) is 1.